The summed E-state index contributed by atoms with van der Waals surface area (Å²) in [5, 5.41) is 1.05. The average molecular weight is 237 g/mol. The monoisotopic (exact) mass is 236 g/mol. The predicted octanol–water partition coefficient (Wildman–Crippen LogP) is 3.47. The molecule has 2 atom stereocenters. The molecule has 0 aromatic carbocycles. The third-order valence-electron chi connectivity index (χ3n) is 2.86. The number of alkyl halides is 1. The van der Waals surface area contributed by atoms with Gasteiger partial charge in [0, 0.05) is 12.4 Å². The third-order valence-corrected chi connectivity index (χ3v) is 4.14. The molecule has 2 heteroatoms. The standard InChI is InChI=1S/C10H21BrO/c1-8(2)10(4,7-11)6-9(3)12-5/h8-9H,6-7H2,1-5H3. The maximum Gasteiger partial charge on any atom is 0.0548 e. The smallest absolute Gasteiger partial charge is 0.0548 e. The van der Waals surface area contributed by atoms with Crippen molar-refractivity contribution in [3.63, 3.8) is 0 Å². The molecular weight excluding hydrogens is 216 g/mol. The molecule has 0 aliphatic heterocycles. The van der Waals surface area contributed by atoms with Crippen LogP contribution in [-0.4, -0.2) is 18.5 Å². The molecule has 0 radical (unpaired) electrons. The minimum Gasteiger partial charge on any atom is -0.382 e. The number of hydrogen-bond acceptors (Lipinski definition) is 1. The molecule has 12 heavy (non-hydrogen) atoms. The van der Waals surface area contributed by atoms with Crippen LogP contribution in [0, 0.1) is 11.3 Å². The van der Waals surface area contributed by atoms with Crippen LogP contribution in [0.5, 0.6) is 0 Å². The first-order chi connectivity index (χ1) is 5.46. The van der Waals surface area contributed by atoms with Crippen LogP contribution >= 0.6 is 15.9 Å². The lowest BCUT2D eigenvalue weighted by atomic mass is 9.77. The second kappa shape index (κ2) is 5.23. The summed E-state index contributed by atoms with van der Waals surface area (Å²) in [6, 6.07) is 0. The van der Waals surface area contributed by atoms with E-state index in [0.29, 0.717) is 17.4 Å². The van der Waals surface area contributed by atoms with Crippen LogP contribution in [0.3, 0.4) is 0 Å². The van der Waals surface area contributed by atoms with Crippen molar-refractivity contribution in [3.8, 4) is 0 Å². The fourth-order valence-electron chi connectivity index (χ4n) is 1.18. The Bertz CT molecular complexity index is 125. The van der Waals surface area contributed by atoms with Gasteiger partial charge in [0.05, 0.1) is 6.10 Å². The largest absolute Gasteiger partial charge is 0.382 e. The molecule has 0 spiro atoms. The Morgan fingerprint density at radius 3 is 2.08 bits per heavy atom. The highest BCUT2D eigenvalue weighted by Crippen LogP contribution is 2.34. The van der Waals surface area contributed by atoms with Crippen molar-refractivity contribution in [1.82, 2.24) is 0 Å². The van der Waals surface area contributed by atoms with Crippen molar-refractivity contribution in [2.75, 3.05) is 12.4 Å². The van der Waals surface area contributed by atoms with Crippen LogP contribution in [-0.2, 0) is 4.74 Å². The molecule has 0 heterocycles. The van der Waals surface area contributed by atoms with Gasteiger partial charge in [0.1, 0.15) is 0 Å². The number of rotatable bonds is 5. The van der Waals surface area contributed by atoms with Gasteiger partial charge in [-0.25, -0.2) is 0 Å². The summed E-state index contributed by atoms with van der Waals surface area (Å²) in [6.45, 7) is 8.97. The van der Waals surface area contributed by atoms with Gasteiger partial charge in [0.25, 0.3) is 0 Å². The first kappa shape index (κ1) is 12.4. The highest BCUT2D eigenvalue weighted by molar-refractivity contribution is 9.09. The molecule has 1 nitrogen and oxygen atoms in total. The first-order valence-corrected chi connectivity index (χ1v) is 5.67. The Labute approximate surface area is 85.0 Å². The SMILES string of the molecule is COC(C)CC(C)(CBr)C(C)C. The molecule has 0 aliphatic carbocycles. The van der Waals surface area contributed by atoms with Crippen molar-refractivity contribution >= 4 is 15.9 Å². The van der Waals surface area contributed by atoms with Gasteiger partial charge in [0.2, 0.25) is 0 Å². The second-order valence-electron chi connectivity index (χ2n) is 4.19. The van der Waals surface area contributed by atoms with E-state index in [-0.39, 0.29) is 0 Å². The van der Waals surface area contributed by atoms with E-state index in [2.05, 4.69) is 43.6 Å². The molecule has 0 aliphatic rings. The van der Waals surface area contributed by atoms with Crippen LogP contribution < -0.4 is 0 Å². The number of halogens is 1. The summed E-state index contributed by atoms with van der Waals surface area (Å²) in [5.41, 5.74) is 0.357. The van der Waals surface area contributed by atoms with Gasteiger partial charge in [-0.15, -0.1) is 0 Å². The van der Waals surface area contributed by atoms with Crippen LogP contribution in [0.2, 0.25) is 0 Å². The van der Waals surface area contributed by atoms with Crippen molar-refractivity contribution in [1.29, 1.82) is 0 Å². The molecule has 0 bridgehead atoms. The van der Waals surface area contributed by atoms with Crippen LogP contribution in [0.15, 0.2) is 0 Å². The Morgan fingerprint density at radius 2 is 1.83 bits per heavy atom. The number of ether oxygens (including phenoxy) is 1. The van der Waals surface area contributed by atoms with Gasteiger partial charge in [0.15, 0.2) is 0 Å². The van der Waals surface area contributed by atoms with E-state index in [1.807, 2.05) is 0 Å². The van der Waals surface area contributed by atoms with Gasteiger partial charge in [-0.3, -0.25) is 0 Å². The van der Waals surface area contributed by atoms with Gasteiger partial charge in [-0.05, 0) is 24.7 Å². The molecule has 0 saturated heterocycles. The van der Waals surface area contributed by atoms with E-state index in [4.69, 9.17) is 4.74 Å². The van der Waals surface area contributed by atoms with Gasteiger partial charge in [-0.2, -0.15) is 0 Å². The normalized spacial score (nSPS) is 19.2. The van der Waals surface area contributed by atoms with Gasteiger partial charge in [-0.1, -0.05) is 36.7 Å². The zero-order chi connectivity index (χ0) is 9.78. The fourth-order valence-corrected chi connectivity index (χ4v) is 2.06. The second-order valence-corrected chi connectivity index (χ2v) is 4.75. The highest BCUT2D eigenvalue weighted by Gasteiger charge is 2.28. The Hall–Kier alpha value is 0.440. The molecule has 0 aromatic rings. The predicted molar refractivity (Wildman–Crippen MR) is 57.8 cm³/mol. The maximum atomic E-state index is 5.28. The van der Waals surface area contributed by atoms with Gasteiger partial charge < -0.3 is 4.74 Å². The quantitative estimate of drug-likeness (QED) is 0.665. The Kier molecular flexibility index (Phi) is 5.42. The van der Waals surface area contributed by atoms with E-state index in [1.54, 1.807) is 7.11 Å². The van der Waals surface area contributed by atoms with Crippen molar-refractivity contribution in [3.05, 3.63) is 0 Å². The number of methoxy groups -OCH3 is 1. The number of hydrogen-bond donors (Lipinski definition) is 0. The molecule has 0 rings (SSSR count). The summed E-state index contributed by atoms with van der Waals surface area (Å²) in [7, 11) is 1.78. The van der Waals surface area contributed by atoms with Gasteiger partial charge >= 0.3 is 0 Å². The average Bonchev–Trinajstić information content (AvgIpc) is 2.03. The Morgan fingerprint density at radius 1 is 1.33 bits per heavy atom. The molecule has 0 N–H and O–H groups in total. The van der Waals surface area contributed by atoms with E-state index in [0.717, 1.165) is 11.8 Å². The molecule has 0 amide bonds. The van der Waals surface area contributed by atoms with Crippen LogP contribution in [0.25, 0.3) is 0 Å². The minimum absolute atomic E-state index is 0.356. The van der Waals surface area contributed by atoms with E-state index in [1.165, 1.54) is 0 Å². The minimum atomic E-state index is 0.356. The molecule has 0 saturated carbocycles. The lowest BCUT2D eigenvalue weighted by Gasteiger charge is -2.33. The van der Waals surface area contributed by atoms with E-state index < -0.39 is 0 Å². The zero-order valence-electron chi connectivity index (χ0n) is 8.86. The van der Waals surface area contributed by atoms with Crippen molar-refractivity contribution in [2.24, 2.45) is 11.3 Å². The summed E-state index contributed by atoms with van der Waals surface area (Å²) < 4.78 is 5.28. The van der Waals surface area contributed by atoms with E-state index in [9.17, 15) is 0 Å². The Balaban J connectivity index is 4.14. The van der Waals surface area contributed by atoms with Crippen molar-refractivity contribution in [2.45, 2.75) is 40.2 Å². The maximum absolute atomic E-state index is 5.28. The summed E-state index contributed by atoms with van der Waals surface area (Å²) in [5.74, 6) is 0.689. The molecule has 74 valence electrons. The fraction of sp³-hybridized carbons (Fsp3) is 1.00. The highest BCUT2D eigenvalue weighted by atomic mass is 79.9. The molecule has 0 fully saturated rings. The first-order valence-electron chi connectivity index (χ1n) is 4.55. The van der Waals surface area contributed by atoms with E-state index >= 15 is 0 Å². The summed E-state index contributed by atoms with van der Waals surface area (Å²) in [4.78, 5) is 0. The lowest BCUT2D eigenvalue weighted by molar-refractivity contribution is 0.0615. The summed E-state index contributed by atoms with van der Waals surface area (Å²) in [6.07, 6.45) is 1.47. The van der Waals surface area contributed by atoms with Crippen LogP contribution in [0.1, 0.15) is 34.1 Å². The summed E-state index contributed by atoms with van der Waals surface area (Å²) >= 11 is 3.57. The molecular formula is C10H21BrO. The molecule has 0 aromatic heterocycles. The molecule has 2 unspecified atom stereocenters. The lowest BCUT2D eigenvalue weighted by Crippen LogP contribution is -2.30. The van der Waals surface area contributed by atoms with Crippen LogP contribution in [0.4, 0.5) is 0 Å². The topological polar surface area (TPSA) is 9.23 Å². The van der Waals surface area contributed by atoms with Crippen molar-refractivity contribution < 1.29 is 4.74 Å². The third kappa shape index (κ3) is 3.44. The zero-order valence-corrected chi connectivity index (χ0v) is 10.4.